The van der Waals surface area contributed by atoms with E-state index in [0.717, 1.165) is 5.56 Å². The number of carbonyl (C=O) groups excluding carboxylic acids is 3. The summed E-state index contributed by atoms with van der Waals surface area (Å²) >= 11 is 0. The highest BCUT2D eigenvalue weighted by Gasteiger charge is 2.49. The Kier molecular flexibility index (Phi) is 9.55. The molecule has 2 amide bonds. The number of benzene rings is 2. The Labute approximate surface area is 226 Å². The van der Waals surface area contributed by atoms with Gasteiger partial charge in [-0.25, -0.2) is 9.69 Å². The highest BCUT2D eigenvalue weighted by Crippen LogP contribution is 2.47. The zero-order valence-corrected chi connectivity index (χ0v) is 22.1. The molecule has 1 unspecified atom stereocenters. The summed E-state index contributed by atoms with van der Waals surface area (Å²) in [6.45, 7) is 6.89. The van der Waals surface area contributed by atoms with Crippen molar-refractivity contribution in [2.24, 2.45) is 5.73 Å². The maximum atomic E-state index is 14.8. The van der Waals surface area contributed by atoms with Crippen molar-refractivity contribution < 1.29 is 32.6 Å². The number of ether oxygens (including phenoxy) is 2. The Balaban J connectivity index is 0.000000983. The fraction of sp³-hybridized carbons (Fsp3) is 0.321. The minimum absolute atomic E-state index is 0.118. The van der Waals surface area contributed by atoms with Crippen molar-refractivity contribution in [3.63, 3.8) is 0 Å². The Morgan fingerprint density at radius 2 is 1.95 bits per heavy atom. The van der Waals surface area contributed by atoms with Gasteiger partial charge in [0.25, 0.3) is 0 Å². The molecule has 0 spiro atoms. The fourth-order valence-electron chi connectivity index (χ4n) is 4.22. The number of rotatable bonds is 9. The van der Waals surface area contributed by atoms with E-state index in [1.54, 1.807) is 36.4 Å². The molecule has 4 rings (SSSR count). The number of alkyl halides is 2. The lowest BCUT2D eigenvalue weighted by Gasteiger charge is -2.21. The Hall–Kier alpha value is -4.09. The highest BCUT2D eigenvalue weighted by molar-refractivity contribution is 5.92. The monoisotopic (exact) mass is 542 g/mol. The summed E-state index contributed by atoms with van der Waals surface area (Å²) in [6.07, 6.45) is 1.43. The topological polar surface area (TPSA) is 105 Å². The van der Waals surface area contributed by atoms with Gasteiger partial charge >= 0.3 is 12.1 Å². The number of nitrogens with zero attached hydrogens (tertiary/aromatic N) is 3. The zero-order chi connectivity index (χ0) is 28.7. The number of halogens is 2. The molecule has 2 heterocycles. The van der Waals surface area contributed by atoms with Crippen molar-refractivity contribution in [1.82, 2.24) is 9.80 Å². The van der Waals surface area contributed by atoms with Crippen LogP contribution >= 0.6 is 0 Å². The van der Waals surface area contributed by atoms with Gasteiger partial charge in [0, 0.05) is 17.8 Å². The molecule has 0 aromatic heterocycles. The molecule has 2 aromatic carbocycles. The number of likely N-dealkylation sites (N-methyl/N-ethyl adjacent to an activating group) is 1. The minimum Gasteiger partial charge on any atom is -0.493 e. The Morgan fingerprint density at radius 3 is 2.56 bits per heavy atom. The van der Waals surface area contributed by atoms with Gasteiger partial charge < -0.3 is 24.9 Å². The molecule has 0 aliphatic carbocycles. The van der Waals surface area contributed by atoms with E-state index in [0.29, 0.717) is 46.8 Å². The van der Waals surface area contributed by atoms with Gasteiger partial charge in [-0.3, -0.25) is 9.69 Å². The first-order valence-electron chi connectivity index (χ1n) is 12.1. The average Bonchev–Trinajstić information content (AvgIpc) is 3.37. The lowest BCUT2D eigenvalue weighted by Crippen LogP contribution is -2.30. The zero-order valence-electron chi connectivity index (χ0n) is 22.1. The van der Waals surface area contributed by atoms with Crippen molar-refractivity contribution >= 4 is 36.2 Å². The number of hydrogen-bond acceptors (Lipinski definition) is 7. The van der Waals surface area contributed by atoms with Crippen molar-refractivity contribution in [2.75, 3.05) is 45.2 Å². The van der Waals surface area contributed by atoms with E-state index in [1.165, 1.54) is 17.0 Å². The molecule has 1 saturated heterocycles. The summed E-state index contributed by atoms with van der Waals surface area (Å²) in [7, 11) is 3.81. The first kappa shape index (κ1) is 29.5. The molecular formula is C28H32F2N4O5. The molecule has 0 saturated carbocycles. The number of cyclic esters (lactones) is 1. The molecule has 2 aromatic rings. The second kappa shape index (κ2) is 12.6. The van der Waals surface area contributed by atoms with E-state index in [1.807, 2.05) is 25.9 Å². The molecule has 39 heavy (non-hydrogen) atoms. The summed E-state index contributed by atoms with van der Waals surface area (Å²) in [5, 5.41) is 0. The molecular weight excluding hydrogens is 510 g/mol. The van der Waals surface area contributed by atoms with E-state index >= 15 is 0 Å². The molecule has 1 atom stereocenters. The first-order valence-corrected chi connectivity index (χ1v) is 12.1. The van der Waals surface area contributed by atoms with Gasteiger partial charge in [-0.2, -0.15) is 8.78 Å². The number of hydrogen-bond donors (Lipinski definition) is 1. The SMILES string of the molecule is C=C(CN(C)C)OCC1CN(c2ccc(/C=C3/c4ccccc4C(F)(F)N3C=O)c(C)c2)C(=O)O1.NCC=O. The largest absolute Gasteiger partial charge is 0.493 e. The van der Waals surface area contributed by atoms with Crippen LogP contribution in [-0.2, 0) is 25.1 Å². The van der Waals surface area contributed by atoms with Crippen molar-refractivity contribution in [3.05, 3.63) is 77.1 Å². The first-order chi connectivity index (χ1) is 18.5. The van der Waals surface area contributed by atoms with Gasteiger partial charge in [0.2, 0.25) is 6.41 Å². The maximum Gasteiger partial charge on any atom is 0.414 e. The predicted octanol–water partition coefficient (Wildman–Crippen LogP) is 3.58. The Morgan fingerprint density at radius 1 is 1.26 bits per heavy atom. The van der Waals surface area contributed by atoms with Crippen molar-refractivity contribution in [2.45, 2.75) is 19.1 Å². The maximum absolute atomic E-state index is 14.8. The van der Waals surface area contributed by atoms with Gasteiger partial charge in [0.05, 0.1) is 24.4 Å². The van der Waals surface area contributed by atoms with Crippen LogP contribution in [0, 0.1) is 6.92 Å². The Bertz CT molecular complexity index is 1260. The average molecular weight is 543 g/mol. The summed E-state index contributed by atoms with van der Waals surface area (Å²) in [6, 6.07) is 7.87. The fourth-order valence-corrected chi connectivity index (χ4v) is 4.22. The van der Waals surface area contributed by atoms with Gasteiger partial charge in [0.15, 0.2) is 6.10 Å². The molecule has 2 N–H and O–H groups in total. The van der Waals surface area contributed by atoms with E-state index in [9.17, 15) is 18.4 Å². The number of carbonyl (C=O) groups is 3. The standard InChI is InChI=1S/C26H27F2N3O4.C2H5NO/c1-17-11-20(30-14-21(35-25(30)33)15-34-18(2)13-29(3)4)10-9-19(17)12-24-22-7-5-6-8-23(22)26(27,28)31(24)16-32;3-1-2-4/h5-12,16,21H,2,13-15H2,1,3-4H3;2H,1,3H2/b24-12-;. The molecule has 2 aliphatic rings. The van der Waals surface area contributed by atoms with Crippen LogP contribution in [0.5, 0.6) is 0 Å². The number of nitrogens with two attached hydrogens (primary N) is 1. The third-order valence-corrected chi connectivity index (χ3v) is 5.99. The summed E-state index contributed by atoms with van der Waals surface area (Å²) in [4.78, 5) is 36.9. The van der Waals surface area contributed by atoms with Crippen molar-refractivity contribution in [3.8, 4) is 0 Å². The minimum atomic E-state index is -3.42. The summed E-state index contributed by atoms with van der Waals surface area (Å²) < 4.78 is 40.5. The van der Waals surface area contributed by atoms with Gasteiger partial charge in [-0.05, 0) is 50.4 Å². The second-order valence-electron chi connectivity index (χ2n) is 9.24. The molecule has 9 nitrogen and oxygen atoms in total. The molecule has 208 valence electrons. The molecule has 1 fully saturated rings. The highest BCUT2D eigenvalue weighted by atomic mass is 19.3. The van der Waals surface area contributed by atoms with Crippen LogP contribution in [0.3, 0.4) is 0 Å². The number of aryl methyl sites for hydroxylation is 1. The van der Waals surface area contributed by atoms with E-state index in [-0.39, 0.29) is 30.8 Å². The lowest BCUT2D eigenvalue weighted by atomic mass is 10.0. The van der Waals surface area contributed by atoms with Gasteiger partial charge in [-0.1, -0.05) is 36.9 Å². The summed E-state index contributed by atoms with van der Waals surface area (Å²) in [5.74, 6) is 0.584. The number of anilines is 1. The van der Waals surface area contributed by atoms with Crippen LogP contribution in [-0.4, -0.2) is 75.0 Å². The lowest BCUT2D eigenvalue weighted by molar-refractivity contribution is -0.146. The van der Waals surface area contributed by atoms with Crippen molar-refractivity contribution in [1.29, 1.82) is 0 Å². The summed E-state index contributed by atoms with van der Waals surface area (Å²) in [5.41, 5.74) is 6.88. The third-order valence-electron chi connectivity index (χ3n) is 5.99. The van der Waals surface area contributed by atoms with Gasteiger partial charge in [-0.15, -0.1) is 0 Å². The van der Waals surface area contributed by atoms with Crippen LogP contribution in [0.25, 0.3) is 11.8 Å². The van der Waals surface area contributed by atoms with Crippen LogP contribution in [0.4, 0.5) is 19.3 Å². The number of amides is 2. The normalized spacial score (nSPS) is 18.4. The second-order valence-corrected chi connectivity index (χ2v) is 9.24. The molecule has 0 bridgehead atoms. The molecule has 0 radical (unpaired) electrons. The third kappa shape index (κ3) is 6.68. The van der Waals surface area contributed by atoms with Crippen LogP contribution < -0.4 is 10.6 Å². The predicted molar refractivity (Wildman–Crippen MR) is 144 cm³/mol. The van der Waals surface area contributed by atoms with Crippen LogP contribution in [0.1, 0.15) is 22.3 Å². The smallest absolute Gasteiger partial charge is 0.414 e. The molecule has 2 aliphatic heterocycles. The van der Waals surface area contributed by atoms with Crippen LogP contribution in [0.15, 0.2) is 54.8 Å². The number of fused-ring (bicyclic) bond motifs is 1. The van der Waals surface area contributed by atoms with E-state index < -0.39 is 18.2 Å². The van der Waals surface area contributed by atoms with E-state index in [4.69, 9.17) is 14.3 Å². The van der Waals surface area contributed by atoms with E-state index in [2.05, 4.69) is 12.3 Å². The quantitative estimate of drug-likeness (QED) is 0.293. The van der Waals surface area contributed by atoms with Crippen LogP contribution in [0.2, 0.25) is 0 Å². The van der Waals surface area contributed by atoms with Gasteiger partial charge in [0.1, 0.15) is 18.7 Å². The molecule has 11 heteroatoms. The number of aldehydes is 1.